The van der Waals surface area contributed by atoms with Gasteiger partial charge < -0.3 is 15.1 Å². The average molecular weight is 417 g/mol. The number of hydrogen-bond donors (Lipinski definition) is 1. The predicted octanol–water partition coefficient (Wildman–Crippen LogP) is 4.86. The Morgan fingerprint density at radius 1 is 0.903 bits per heavy atom. The maximum atomic E-state index is 12.0. The number of nitro groups is 1. The first-order valence-corrected chi connectivity index (χ1v) is 10.6. The van der Waals surface area contributed by atoms with Crippen molar-refractivity contribution < 1.29 is 4.92 Å². The van der Waals surface area contributed by atoms with Crippen molar-refractivity contribution in [3.63, 3.8) is 0 Å². The molecule has 1 aliphatic rings. The van der Waals surface area contributed by atoms with E-state index >= 15 is 0 Å². The summed E-state index contributed by atoms with van der Waals surface area (Å²) in [7, 11) is 2.12. The molecule has 1 aliphatic heterocycles. The third-order valence-electron chi connectivity index (χ3n) is 5.90. The molecule has 31 heavy (non-hydrogen) atoms. The lowest BCUT2D eigenvalue weighted by Gasteiger charge is -2.34. The maximum Gasteiger partial charge on any atom is 0.295 e. The SMILES string of the molecule is Cc1cc(N2CCN(C)CC2)cc(NC(c2ccccc2)c2ccccc2)c1[N+](=O)[O-]. The second-order valence-corrected chi connectivity index (χ2v) is 8.10. The zero-order valence-corrected chi connectivity index (χ0v) is 18.0. The summed E-state index contributed by atoms with van der Waals surface area (Å²) in [5.41, 5.74) is 4.50. The van der Waals surface area contributed by atoms with Gasteiger partial charge in [0, 0.05) is 37.4 Å². The Morgan fingerprint density at radius 2 is 1.45 bits per heavy atom. The molecule has 3 aromatic rings. The molecular formula is C25H28N4O2. The lowest BCUT2D eigenvalue weighted by atomic mass is 9.98. The third-order valence-corrected chi connectivity index (χ3v) is 5.90. The van der Waals surface area contributed by atoms with Gasteiger partial charge in [0.2, 0.25) is 0 Å². The smallest absolute Gasteiger partial charge is 0.295 e. The van der Waals surface area contributed by atoms with Gasteiger partial charge in [-0.3, -0.25) is 10.1 Å². The van der Waals surface area contributed by atoms with E-state index in [0.717, 1.165) is 43.0 Å². The van der Waals surface area contributed by atoms with Crippen molar-refractivity contribution in [2.45, 2.75) is 13.0 Å². The van der Waals surface area contributed by atoms with Gasteiger partial charge in [0.05, 0.1) is 11.0 Å². The van der Waals surface area contributed by atoms with Crippen molar-refractivity contribution in [2.75, 3.05) is 43.4 Å². The molecule has 1 saturated heterocycles. The highest BCUT2D eigenvalue weighted by atomic mass is 16.6. The number of anilines is 2. The molecule has 3 aromatic carbocycles. The Morgan fingerprint density at radius 3 is 1.97 bits per heavy atom. The van der Waals surface area contributed by atoms with E-state index in [-0.39, 0.29) is 16.7 Å². The molecule has 6 nitrogen and oxygen atoms in total. The molecule has 160 valence electrons. The van der Waals surface area contributed by atoms with Crippen LogP contribution in [-0.4, -0.2) is 43.0 Å². The standard InChI is InChI=1S/C25H28N4O2/c1-19-17-22(28-15-13-27(2)14-16-28)18-23(25(19)29(30)31)26-24(20-9-5-3-6-10-20)21-11-7-4-8-12-21/h3-12,17-18,24,26H,13-16H2,1-2H3. The summed E-state index contributed by atoms with van der Waals surface area (Å²) in [5.74, 6) is 0. The molecule has 0 aliphatic carbocycles. The van der Waals surface area contributed by atoms with Crippen molar-refractivity contribution in [3.8, 4) is 0 Å². The summed E-state index contributed by atoms with van der Waals surface area (Å²) >= 11 is 0. The molecule has 0 spiro atoms. The molecule has 0 radical (unpaired) electrons. The second kappa shape index (κ2) is 9.18. The van der Waals surface area contributed by atoms with E-state index < -0.39 is 0 Å². The Labute approximate surface area is 183 Å². The molecule has 0 atom stereocenters. The van der Waals surface area contributed by atoms with Gasteiger partial charge in [-0.25, -0.2) is 0 Å². The Kier molecular flexibility index (Phi) is 6.18. The minimum atomic E-state index is -0.279. The van der Waals surface area contributed by atoms with Crippen LogP contribution in [0.2, 0.25) is 0 Å². The Bertz CT molecular complexity index is 993. The molecule has 0 saturated carbocycles. The van der Waals surface area contributed by atoms with Crippen LogP contribution in [0.4, 0.5) is 17.1 Å². The van der Waals surface area contributed by atoms with Crippen LogP contribution in [0.3, 0.4) is 0 Å². The van der Waals surface area contributed by atoms with Crippen molar-refractivity contribution in [3.05, 3.63) is 99.6 Å². The minimum Gasteiger partial charge on any atom is -0.369 e. The highest BCUT2D eigenvalue weighted by Gasteiger charge is 2.25. The molecular weight excluding hydrogens is 388 g/mol. The first-order chi connectivity index (χ1) is 15.0. The maximum absolute atomic E-state index is 12.0. The van der Waals surface area contributed by atoms with Gasteiger partial charge in [0.25, 0.3) is 5.69 Å². The van der Waals surface area contributed by atoms with Crippen LogP contribution in [0.15, 0.2) is 72.8 Å². The van der Waals surface area contributed by atoms with Crippen molar-refractivity contribution >= 4 is 17.1 Å². The Balaban J connectivity index is 1.76. The number of nitrogens with zero attached hydrogens (tertiary/aromatic N) is 3. The number of rotatable bonds is 6. The van der Waals surface area contributed by atoms with Gasteiger partial charge >= 0.3 is 0 Å². The molecule has 0 aromatic heterocycles. The molecule has 0 amide bonds. The van der Waals surface area contributed by atoms with Crippen LogP contribution in [0.1, 0.15) is 22.7 Å². The van der Waals surface area contributed by atoms with Crippen molar-refractivity contribution in [2.24, 2.45) is 0 Å². The van der Waals surface area contributed by atoms with E-state index in [9.17, 15) is 10.1 Å². The summed E-state index contributed by atoms with van der Waals surface area (Å²) < 4.78 is 0. The average Bonchev–Trinajstić information content (AvgIpc) is 2.78. The van der Waals surface area contributed by atoms with Gasteiger partial charge in [-0.1, -0.05) is 60.7 Å². The summed E-state index contributed by atoms with van der Waals surface area (Å²) in [6.07, 6.45) is 0. The van der Waals surface area contributed by atoms with Crippen molar-refractivity contribution in [1.29, 1.82) is 0 Å². The largest absolute Gasteiger partial charge is 0.369 e. The molecule has 6 heteroatoms. The molecule has 4 rings (SSSR count). The second-order valence-electron chi connectivity index (χ2n) is 8.10. The lowest BCUT2D eigenvalue weighted by molar-refractivity contribution is -0.384. The number of likely N-dealkylation sites (N-methyl/N-ethyl adjacent to an activating group) is 1. The highest BCUT2D eigenvalue weighted by Crippen LogP contribution is 2.37. The first kappa shape index (κ1) is 20.9. The fraction of sp³-hybridized carbons (Fsp3) is 0.280. The predicted molar refractivity (Wildman–Crippen MR) is 126 cm³/mol. The third kappa shape index (κ3) is 4.70. The normalized spacial score (nSPS) is 14.6. The first-order valence-electron chi connectivity index (χ1n) is 10.6. The number of nitro benzene ring substituents is 1. The zero-order chi connectivity index (χ0) is 21.8. The van der Waals surface area contributed by atoms with Crippen LogP contribution >= 0.6 is 0 Å². The number of nitrogens with one attached hydrogen (secondary N) is 1. The Hall–Kier alpha value is -3.38. The number of benzene rings is 3. The monoisotopic (exact) mass is 416 g/mol. The van der Waals surface area contributed by atoms with Crippen LogP contribution in [0.5, 0.6) is 0 Å². The van der Waals surface area contributed by atoms with Crippen LogP contribution in [-0.2, 0) is 0 Å². The van der Waals surface area contributed by atoms with E-state index in [1.165, 1.54) is 0 Å². The summed E-state index contributed by atoms with van der Waals surface area (Å²) in [6, 6.07) is 23.8. The quantitative estimate of drug-likeness (QED) is 0.459. The minimum absolute atomic E-state index is 0.134. The summed E-state index contributed by atoms with van der Waals surface area (Å²) in [6.45, 7) is 5.61. The summed E-state index contributed by atoms with van der Waals surface area (Å²) in [4.78, 5) is 16.3. The number of piperazine rings is 1. The summed E-state index contributed by atoms with van der Waals surface area (Å²) in [5, 5.41) is 15.5. The molecule has 1 fully saturated rings. The van der Waals surface area contributed by atoms with E-state index in [2.05, 4.69) is 22.2 Å². The fourth-order valence-corrected chi connectivity index (χ4v) is 4.17. The van der Waals surface area contributed by atoms with Crippen LogP contribution < -0.4 is 10.2 Å². The van der Waals surface area contributed by atoms with E-state index in [1.807, 2.05) is 79.7 Å². The lowest BCUT2D eigenvalue weighted by Crippen LogP contribution is -2.44. The van der Waals surface area contributed by atoms with Gasteiger partial charge in [-0.2, -0.15) is 0 Å². The van der Waals surface area contributed by atoms with Gasteiger partial charge in [0.1, 0.15) is 5.69 Å². The van der Waals surface area contributed by atoms with Gasteiger partial charge in [0.15, 0.2) is 0 Å². The van der Waals surface area contributed by atoms with Gasteiger partial charge in [-0.05, 0) is 37.2 Å². The van der Waals surface area contributed by atoms with Crippen molar-refractivity contribution in [1.82, 2.24) is 4.90 Å². The number of hydrogen-bond acceptors (Lipinski definition) is 5. The van der Waals surface area contributed by atoms with E-state index in [0.29, 0.717) is 11.3 Å². The van der Waals surface area contributed by atoms with E-state index in [1.54, 1.807) is 0 Å². The van der Waals surface area contributed by atoms with Crippen LogP contribution in [0.25, 0.3) is 0 Å². The molecule has 0 unspecified atom stereocenters. The zero-order valence-electron chi connectivity index (χ0n) is 18.0. The molecule has 1 heterocycles. The molecule has 1 N–H and O–H groups in total. The number of aryl methyl sites for hydroxylation is 1. The van der Waals surface area contributed by atoms with Crippen LogP contribution in [0, 0.1) is 17.0 Å². The fourth-order valence-electron chi connectivity index (χ4n) is 4.17. The van der Waals surface area contributed by atoms with E-state index in [4.69, 9.17) is 0 Å². The van der Waals surface area contributed by atoms with Gasteiger partial charge in [-0.15, -0.1) is 0 Å². The molecule has 0 bridgehead atoms. The topological polar surface area (TPSA) is 61.6 Å². The highest BCUT2D eigenvalue weighted by molar-refractivity contribution is 5.73.